The fourth-order valence-electron chi connectivity index (χ4n) is 5.28. The predicted octanol–water partition coefficient (Wildman–Crippen LogP) is -5.22. The zero-order valence-electron chi connectivity index (χ0n) is 35.0. The van der Waals surface area contributed by atoms with Crippen LogP contribution in [0.4, 0.5) is 0 Å². The Hall–Kier alpha value is -6.45. The summed E-state index contributed by atoms with van der Waals surface area (Å²) in [4.78, 5) is 134. The van der Waals surface area contributed by atoms with Gasteiger partial charge in [0.1, 0.15) is 36.3 Å². The molecular formula is C35H61N13O14S. The molecule has 0 aromatic rings. The van der Waals surface area contributed by atoms with Crippen LogP contribution in [0.5, 0.6) is 0 Å². The van der Waals surface area contributed by atoms with Crippen LogP contribution >= 0.6 is 11.8 Å². The van der Waals surface area contributed by atoms with Gasteiger partial charge in [-0.3, -0.25) is 57.9 Å². The largest absolute Gasteiger partial charge is 0.481 e. The van der Waals surface area contributed by atoms with Crippen molar-refractivity contribution in [2.75, 3.05) is 25.1 Å². The molecule has 0 aliphatic carbocycles. The van der Waals surface area contributed by atoms with Crippen LogP contribution in [0.15, 0.2) is 9.98 Å². The van der Waals surface area contributed by atoms with Crippen LogP contribution in [0.25, 0.3) is 0 Å². The number of nitrogens with zero attached hydrogens (tertiary/aromatic N) is 2. The molecule has 0 bridgehead atoms. The van der Waals surface area contributed by atoms with Crippen molar-refractivity contribution in [1.82, 2.24) is 31.9 Å². The number of aliphatic imine (C=N–C) groups is 2. The highest BCUT2D eigenvalue weighted by atomic mass is 32.2. The van der Waals surface area contributed by atoms with Crippen LogP contribution in [0, 0.1) is 0 Å². The normalized spacial score (nSPS) is 14.0. The van der Waals surface area contributed by atoms with Crippen molar-refractivity contribution >= 4 is 83.0 Å². The Kier molecular flexibility index (Phi) is 27.4. The van der Waals surface area contributed by atoms with E-state index in [4.69, 9.17) is 33.8 Å². The molecule has 0 saturated heterocycles. The van der Waals surface area contributed by atoms with E-state index in [9.17, 15) is 63.3 Å². The summed E-state index contributed by atoms with van der Waals surface area (Å²) in [5.41, 5.74) is 27.3. The van der Waals surface area contributed by atoms with Gasteiger partial charge in [-0.05, 0) is 70.3 Å². The Morgan fingerprint density at radius 1 is 0.492 bits per heavy atom. The van der Waals surface area contributed by atoms with E-state index in [-0.39, 0.29) is 69.3 Å². The van der Waals surface area contributed by atoms with Crippen LogP contribution < -0.4 is 60.6 Å². The highest BCUT2D eigenvalue weighted by Crippen LogP contribution is 2.10. The lowest BCUT2D eigenvalue weighted by Gasteiger charge is -2.27. The maximum Gasteiger partial charge on any atom is 0.325 e. The van der Waals surface area contributed by atoms with Crippen LogP contribution in [0.1, 0.15) is 77.6 Å². The number of hydrogen-bond acceptors (Lipinski definition) is 14. The minimum atomic E-state index is -1.67. The molecule has 0 fully saturated rings. The number of hydrogen-bond donors (Lipinski definition) is 15. The predicted molar refractivity (Wildman–Crippen MR) is 226 cm³/mol. The zero-order chi connectivity index (χ0) is 48.2. The molecule has 0 aliphatic heterocycles. The number of carboxylic acid groups (broad SMARTS) is 4. The highest BCUT2D eigenvalue weighted by Gasteiger charge is 2.33. The van der Waals surface area contributed by atoms with Gasteiger partial charge in [0.2, 0.25) is 35.4 Å². The Balaban J connectivity index is 6.63. The monoisotopic (exact) mass is 919 g/mol. The number of amides is 6. The van der Waals surface area contributed by atoms with Gasteiger partial charge in [-0.1, -0.05) is 0 Å². The quantitative estimate of drug-likeness (QED) is 0.0166. The molecule has 28 heteroatoms. The molecule has 20 N–H and O–H groups in total. The van der Waals surface area contributed by atoms with Gasteiger partial charge >= 0.3 is 23.9 Å². The topological polar surface area (TPSA) is 479 Å². The van der Waals surface area contributed by atoms with Crippen molar-refractivity contribution < 1.29 is 68.4 Å². The fraction of sp³-hybridized carbons (Fsp3) is 0.657. The van der Waals surface area contributed by atoms with Crippen LogP contribution in [0.2, 0.25) is 0 Å². The zero-order valence-corrected chi connectivity index (χ0v) is 35.8. The van der Waals surface area contributed by atoms with Gasteiger partial charge in [-0.2, -0.15) is 11.8 Å². The smallest absolute Gasteiger partial charge is 0.325 e. The maximum absolute atomic E-state index is 13.9. The van der Waals surface area contributed by atoms with Gasteiger partial charge in [-0.15, -0.1) is 0 Å². The van der Waals surface area contributed by atoms with Crippen molar-refractivity contribution in [1.29, 1.82) is 0 Å². The van der Waals surface area contributed by atoms with Crippen molar-refractivity contribution in [3.63, 3.8) is 0 Å². The second-order valence-electron chi connectivity index (χ2n) is 14.0. The summed E-state index contributed by atoms with van der Waals surface area (Å²) < 4.78 is 0. The van der Waals surface area contributed by atoms with Crippen molar-refractivity contribution in [3.8, 4) is 0 Å². The van der Waals surface area contributed by atoms with E-state index in [1.165, 1.54) is 18.7 Å². The van der Waals surface area contributed by atoms with Crippen molar-refractivity contribution in [2.45, 2.75) is 120 Å². The van der Waals surface area contributed by atoms with E-state index in [0.717, 1.165) is 0 Å². The van der Waals surface area contributed by atoms with Crippen molar-refractivity contribution in [2.24, 2.45) is 38.7 Å². The van der Waals surface area contributed by atoms with Gasteiger partial charge in [0, 0.05) is 32.4 Å². The van der Waals surface area contributed by atoms with E-state index in [0.29, 0.717) is 0 Å². The van der Waals surface area contributed by atoms with E-state index in [2.05, 4.69) is 41.9 Å². The number of carbonyl (C=O) groups is 10. The molecule has 27 nitrogen and oxygen atoms in total. The van der Waals surface area contributed by atoms with Crippen molar-refractivity contribution in [3.05, 3.63) is 0 Å². The second kappa shape index (κ2) is 30.6. The average molecular weight is 920 g/mol. The first-order valence-corrected chi connectivity index (χ1v) is 20.9. The van der Waals surface area contributed by atoms with Gasteiger partial charge in [-0.25, -0.2) is 0 Å². The summed E-state index contributed by atoms with van der Waals surface area (Å²) in [6.07, 6.45) is -1.60. The van der Waals surface area contributed by atoms with E-state index in [1.54, 1.807) is 6.26 Å². The molecule has 0 rings (SSSR count). The SMILES string of the molecule is CSCC[C@H](NC(=O)[C@H](CCC(=O)O)NC(=O)[C@@H](N)CCC(=O)O)C(=O)N[C@@H](CCC(=O)O)C(=O)N[C@@H](CCCN=C(N)N)C(=O)N[C@@H](CCCN=C(N)N)C(=O)N[C@@H](C)C(=O)O. The molecule has 7 atom stereocenters. The number of carboxylic acids is 4. The molecule has 0 aromatic heterocycles. The summed E-state index contributed by atoms with van der Waals surface area (Å²) in [6, 6.07) is -10.3. The van der Waals surface area contributed by atoms with Gasteiger partial charge < -0.3 is 81.0 Å². The number of rotatable bonds is 33. The molecule has 6 amide bonds. The summed E-state index contributed by atoms with van der Waals surface area (Å²) in [7, 11) is 0. The first-order valence-electron chi connectivity index (χ1n) is 19.5. The Morgan fingerprint density at radius 2 is 0.810 bits per heavy atom. The number of nitrogens with one attached hydrogen (secondary N) is 6. The van der Waals surface area contributed by atoms with Gasteiger partial charge in [0.15, 0.2) is 11.9 Å². The van der Waals surface area contributed by atoms with Crippen LogP contribution in [-0.4, -0.2) is 159 Å². The first kappa shape index (κ1) is 56.5. The minimum absolute atomic E-state index is 0.0267. The molecule has 0 aromatic carbocycles. The maximum atomic E-state index is 13.9. The van der Waals surface area contributed by atoms with Gasteiger partial charge in [0.25, 0.3) is 0 Å². The Bertz CT molecular complexity index is 1660. The molecule has 0 spiro atoms. The number of thioether (sulfide) groups is 1. The molecule has 0 saturated carbocycles. The fourth-order valence-corrected chi connectivity index (χ4v) is 5.75. The molecular weight excluding hydrogens is 859 g/mol. The summed E-state index contributed by atoms with van der Waals surface area (Å²) in [6.45, 7) is 1.18. The molecule has 356 valence electrons. The summed E-state index contributed by atoms with van der Waals surface area (Å²) in [5, 5.41) is 51.2. The van der Waals surface area contributed by atoms with E-state index >= 15 is 0 Å². The third-order valence-electron chi connectivity index (χ3n) is 8.70. The van der Waals surface area contributed by atoms with E-state index in [1.807, 2.05) is 0 Å². The lowest BCUT2D eigenvalue weighted by Crippen LogP contribution is -2.60. The number of aliphatic carboxylic acids is 4. The molecule has 0 radical (unpaired) electrons. The van der Waals surface area contributed by atoms with Gasteiger partial charge in [0.05, 0.1) is 6.04 Å². The summed E-state index contributed by atoms with van der Waals surface area (Å²) >= 11 is 1.26. The minimum Gasteiger partial charge on any atom is -0.481 e. The number of carbonyl (C=O) groups excluding carboxylic acids is 6. The molecule has 0 aliphatic rings. The molecule has 63 heavy (non-hydrogen) atoms. The number of guanidine groups is 2. The standard InChI is InChI=1S/C35H61N13O14S/c1-17(33(61)62)43-28(56)19(5-3-14-41-34(37)38)45-29(57)20(6-4-15-42-35(39)40)46-31(59)22(9-12-26(53)54)47-32(60)23(13-16-63-2)48-30(58)21(8-11-25(51)52)44-27(55)18(36)7-10-24(49)50/h17-23H,3-16,36H2,1-2H3,(H,43,56)(H,44,55)(H,45,57)(H,46,59)(H,47,60)(H,48,58)(H,49,50)(H,51,52)(H,53,54)(H,61,62)(H4,37,38,41)(H4,39,40,42)/t17-,18-,19-,20-,21-,22-,23-/m0/s1. The Labute approximate surface area is 366 Å². The molecule has 0 unspecified atom stereocenters. The third kappa shape index (κ3) is 25.8. The average Bonchev–Trinajstić information content (AvgIpc) is 3.19. The first-order chi connectivity index (χ1) is 29.5. The second-order valence-corrected chi connectivity index (χ2v) is 14.9. The lowest BCUT2D eigenvalue weighted by atomic mass is 10.0. The lowest BCUT2D eigenvalue weighted by molar-refractivity contribution is -0.142. The summed E-state index contributed by atoms with van der Waals surface area (Å²) in [5.74, 6) is -11.5. The Morgan fingerprint density at radius 3 is 1.14 bits per heavy atom. The third-order valence-corrected chi connectivity index (χ3v) is 9.34. The van der Waals surface area contributed by atoms with Crippen LogP contribution in [0.3, 0.4) is 0 Å². The van der Waals surface area contributed by atoms with E-state index < -0.39 is 134 Å². The highest BCUT2D eigenvalue weighted by molar-refractivity contribution is 7.98. The molecule has 0 heterocycles. The number of nitrogens with two attached hydrogens (primary N) is 5. The van der Waals surface area contributed by atoms with Crippen LogP contribution in [-0.2, 0) is 47.9 Å².